The summed E-state index contributed by atoms with van der Waals surface area (Å²) in [6, 6.07) is -0.510. The largest absolute Gasteiger partial charge is 0.300 e. The van der Waals surface area contributed by atoms with Gasteiger partial charge >= 0.3 is 0 Å². The quantitative estimate of drug-likeness (QED) is 0.497. The van der Waals surface area contributed by atoms with Crippen LogP contribution in [0.5, 0.6) is 0 Å². The average molecular weight is 185 g/mol. The Hall–Kier alpha value is -0.930. The summed E-state index contributed by atoms with van der Waals surface area (Å²) in [7, 11) is 0. The lowest BCUT2D eigenvalue weighted by atomic mass is 9.82. The molecule has 13 heavy (non-hydrogen) atoms. The fourth-order valence-electron chi connectivity index (χ4n) is 2.04. The number of hydrogen-bond acceptors (Lipinski definition) is 3. The summed E-state index contributed by atoms with van der Waals surface area (Å²) in [5.74, 6) is 0.179. The van der Waals surface area contributed by atoms with E-state index in [0.717, 1.165) is 12.8 Å². The number of nitrogens with zero attached hydrogens (tertiary/aromatic N) is 1. The molecule has 1 rings (SSSR count). The summed E-state index contributed by atoms with van der Waals surface area (Å²) in [4.78, 5) is 21.5. The van der Waals surface area contributed by atoms with Crippen molar-refractivity contribution < 1.29 is 9.72 Å². The maximum Gasteiger partial charge on any atom is 0.216 e. The Morgan fingerprint density at radius 1 is 1.69 bits per heavy atom. The Balaban J connectivity index is 2.57. The summed E-state index contributed by atoms with van der Waals surface area (Å²) in [6.07, 6.45) is 3.23. The molecule has 0 radical (unpaired) electrons. The van der Waals surface area contributed by atoms with Crippen molar-refractivity contribution >= 4 is 5.78 Å². The third kappa shape index (κ3) is 2.50. The van der Waals surface area contributed by atoms with E-state index in [4.69, 9.17) is 0 Å². The zero-order valence-corrected chi connectivity index (χ0v) is 7.86. The normalized spacial score (nSPS) is 25.6. The second-order valence-corrected chi connectivity index (χ2v) is 3.66. The summed E-state index contributed by atoms with van der Waals surface area (Å²) in [6.45, 7) is 1.81. The molecule has 0 saturated heterocycles. The van der Waals surface area contributed by atoms with Gasteiger partial charge in [-0.1, -0.05) is 6.92 Å². The maximum atomic E-state index is 11.1. The molecule has 1 aliphatic rings. The van der Waals surface area contributed by atoms with Crippen molar-refractivity contribution in [3.63, 3.8) is 0 Å². The molecular weight excluding hydrogens is 170 g/mol. The molecule has 1 aliphatic carbocycles. The first-order chi connectivity index (χ1) is 6.15. The standard InChI is InChI=1S/C9H15NO3/c1-2-9(10(12)13)7-4-3-5-8(11)6-7/h7,9H,2-6H2,1H3/t7-,9+/m1/s1. The minimum atomic E-state index is -0.510. The first kappa shape index (κ1) is 10.2. The fraction of sp³-hybridized carbons (Fsp3) is 0.889. The third-order valence-electron chi connectivity index (χ3n) is 2.75. The zero-order valence-electron chi connectivity index (χ0n) is 7.86. The average Bonchev–Trinajstić information content (AvgIpc) is 2.04. The molecule has 0 aromatic heterocycles. The number of nitro groups is 1. The molecule has 1 fully saturated rings. The predicted octanol–water partition coefficient (Wildman–Crippen LogP) is 1.80. The van der Waals surface area contributed by atoms with E-state index in [1.54, 1.807) is 0 Å². The summed E-state index contributed by atoms with van der Waals surface area (Å²) < 4.78 is 0. The molecule has 1 saturated carbocycles. The van der Waals surface area contributed by atoms with Gasteiger partial charge in [0.15, 0.2) is 0 Å². The number of hydrogen-bond donors (Lipinski definition) is 0. The Labute approximate surface area is 77.5 Å². The van der Waals surface area contributed by atoms with Crippen LogP contribution in [0.1, 0.15) is 39.0 Å². The van der Waals surface area contributed by atoms with Crippen molar-refractivity contribution in [3.8, 4) is 0 Å². The zero-order chi connectivity index (χ0) is 9.84. The van der Waals surface area contributed by atoms with Crippen LogP contribution in [-0.4, -0.2) is 16.7 Å². The molecule has 0 bridgehead atoms. The smallest absolute Gasteiger partial charge is 0.216 e. The Morgan fingerprint density at radius 3 is 2.85 bits per heavy atom. The first-order valence-electron chi connectivity index (χ1n) is 4.80. The summed E-state index contributed by atoms with van der Waals surface area (Å²) in [5.41, 5.74) is 0. The van der Waals surface area contributed by atoms with Gasteiger partial charge in [-0.05, 0) is 12.8 Å². The van der Waals surface area contributed by atoms with Gasteiger partial charge < -0.3 is 0 Å². The van der Waals surface area contributed by atoms with Crippen molar-refractivity contribution in [3.05, 3.63) is 10.1 Å². The van der Waals surface area contributed by atoms with Crippen molar-refractivity contribution in [2.45, 2.75) is 45.1 Å². The van der Waals surface area contributed by atoms with Gasteiger partial charge in [-0.15, -0.1) is 0 Å². The van der Waals surface area contributed by atoms with E-state index in [1.165, 1.54) is 0 Å². The Kier molecular flexibility index (Phi) is 3.39. The van der Waals surface area contributed by atoms with Gasteiger partial charge in [-0.2, -0.15) is 0 Å². The number of ketones is 1. The molecule has 0 aliphatic heterocycles. The van der Waals surface area contributed by atoms with Crippen LogP contribution in [0.2, 0.25) is 0 Å². The molecule has 0 heterocycles. The van der Waals surface area contributed by atoms with Crippen molar-refractivity contribution in [1.29, 1.82) is 0 Å². The summed E-state index contributed by atoms with van der Waals surface area (Å²) >= 11 is 0. The molecule has 4 nitrogen and oxygen atoms in total. The molecule has 0 aromatic rings. The highest BCUT2D eigenvalue weighted by Crippen LogP contribution is 2.27. The molecule has 0 amide bonds. The number of rotatable bonds is 3. The van der Waals surface area contributed by atoms with Crippen LogP contribution in [0.15, 0.2) is 0 Å². The topological polar surface area (TPSA) is 60.2 Å². The van der Waals surface area contributed by atoms with E-state index in [1.807, 2.05) is 6.92 Å². The molecule has 2 atom stereocenters. The van der Waals surface area contributed by atoms with E-state index >= 15 is 0 Å². The van der Waals surface area contributed by atoms with E-state index in [0.29, 0.717) is 19.3 Å². The SMILES string of the molecule is CC[C@@H]([C@@H]1CCCC(=O)C1)[N+](=O)[O-]. The van der Waals surface area contributed by atoms with Crippen LogP contribution in [-0.2, 0) is 4.79 Å². The van der Waals surface area contributed by atoms with Crippen molar-refractivity contribution in [2.75, 3.05) is 0 Å². The second-order valence-electron chi connectivity index (χ2n) is 3.66. The van der Waals surface area contributed by atoms with Crippen molar-refractivity contribution in [1.82, 2.24) is 0 Å². The van der Waals surface area contributed by atoms with Gasteiger partial charge in [0.25, 0.3) is 0 Å². The van der Waals surface area contributed by atoms with Gasteiger partial charge in [0.05, 0.1) is 0 Å². The van der Waals surface area contributed by atoms with Crippen LogP contribution in [0.3, 0.4) is 0 Å². The molecule has 0 unspecified atom stereocenters. The number of carbonyl (C=O) groups is 1. The monoisotopic (exact) mass is 185 g/mol. The molecule has 74 valence electrons. The van der Waals surface area contributed by atoms with Crippen molar-refractivity contribution in [2.24, 2.45) is 5.92 Å². The maximum absolute atomic E-state index is 11.1. The highest BCUT2D eigenvalue weighted by atomic mass is 16.6. The van der Waals surface area contributed by atoms with Gasteiger partial charge in [0.2, 0.25) is 6.04 Å². The molecule has 4 heteroatoms. The molecule has 0 N–H and O–H groups in total. The minimum absolute atomic E-state index is 0.0127. The van der Waals surface area contributed by atoms with Gasteiger partial charge in [-0.25, -0.2) is 0 Å². The first-order valence-corrected chi connectivity index (χ1v) is 4.80. The Morgan fingerprint density at radius 2 is 2.38 bits per heavy atom. The highest BCUT2D eigenvalue weighted by molar-refractivity contribution is 5.79. The van der Waals surface area contributed by atoms with Crippen LogP contribution < -0.4 is 0 Å². The molecule has 0 spiro atoms. The minimum Gasteiger partial charge on any atom is -0.300 e. The lowest BCUT2D eigenvalue weighted by Gasteiger charge is -2.22. The van der Waals surface area contributed by atoms with Gasteiger partial charge in [-0.3, -0.25) is 14.9 Å². The van der Waals surface area contributed by atoms with E-state index in [2.05, 4.69) is 0 Å². The van der Waals surface area contributed by atoms with Crippen LogP contribution in [0.25, 0.3) is 0 Å². The lowest BCUT2D eigenvalue weighted by Crippen LogP contribution is -2.32. The lowest BCUT2D eigenvalue weighted by molar-refractivity contribution is -0.533. The number of Topliss-reactive ketones (excluding diaryl/α,β-unsaturated/α-hetero) is 1. The van der Waals surface area contributed by atoms with E-state index in [-0.39, 0.29) is 16.6 Å². The van der Waals surface area contributed by atoms with Gasteiger partial charge in [0, 0.05) is 30.1 Å². The van der Waals surface area contributed by atoms with Crippen LogP contribution in [0.4, 0.5) is 0 Å². The van der Waals surface area contributed by atoms with Crippen LogP contribution >= 0.6 is 0 Å². The fourth-order valence-corrected chi connectivity index (χ4v) is 2.04. The summed E-state index contributed by atoms with van der Waals surface area (Å²) in [5, 5.41) is 10.6. The number of carbonyl (C=O) groups excluding carboxylic acids is 1. The van der Waals surface area contributed by atoms with Gasteiger partial charge in [0.1, 0.15) is 5.78 Å². The molecule has 0 aromatic carbocycles. The Bertz CT molecular complexity index is 215. The second kappa shape index (κ2) is 4.35. The highest BCUT2D eigenvalue weighted by Gasteiger charge is 2.33. The third-order valence-corrected chi connectivity index (χ3v) is 2.75. The predicted molar refractivity (Wildman–Crippen MR) is 48.0 cm³/mol. The van der Waals surface area contributed by atoms with E-state index < -0.39 is 6.04 Å². The van der Waals surface area contributed by atoms with E-state index in [9.17, 15) is 14.9 Å². The van der Waals surface area contributed by atoms with Crippen LogP contribution in [0, 0.1) is 16.0 Å². The molecular formula is C9H15NO3.